The third kappa shape index (κ3) is 4.19. The summed E-state index contributed by atoms with van der Waals surface area (Å²) in [5.74, 6) is 0.0950. The van der Waals surface area contributed by atoms with E-state index in [9.17, 15) is 4.79 Å². The second-order valence-corrected chi connectivity index (χ2v) is 7.69. The Hall–Kier alpha value is -2.48. The van der Waals surface area contributed by atoms with Gasteiger partial charge in [-0.3, -0.25) is 9.36 Å². The van der Waals surface area contributed by atoms with Crippen molar-refractivity contribution < 1.29 is 9.53 Å². The lowest BCUT2D eigenvalue weighted by molar-refractivity contribution is -0.153. The van der Waals surface area contributed by atoms with Crippen LogP contribution in [-0.4, -0.2) is 31.1 Å². The van der Waals surface area contributed by atoms with E-state index in [2.05, 4.69) is 30.9 Å². The van der Waals surface area contributed by atoms with E-state index in [0.29, 0.717) is 28.3 Å². The molecule has 0 amide bonds. The molecule has 1 aromatic carbocycles. The summed E-state index contributed by atoms with van der Waals surface area (Å²) in [6, 6.07) is 7.80. The van der Waals surface area contributed by atoms with E-state index in [1.165, 1.54) is 6.33 Å². The minimum Gasteiger partial charge on any atom is -0.460 e. The molecular formula is C18H20BrN5O2. The van der Waals surface area contributed by atoms with Crippen molar-refractivity contribution in [1.29, 1.82) is 0 Å². The van der Waals surface area contributed by atoms with E-state index in [4.69, 9.17) is 10.5 Å². The minimum atomic E-state index is -0.491. The molecule has 0 saturated heterocycles. The van der Waals surface area contributed by atoms with Gasteiger partial charge in [0.2, 0.25) is 0 Å². The molecule has 8 heteroatoms. The number of benzene rings is 1. The fourth-order valence-corrected chi connectivity index (χ4v) is 3.10. The predicted molar refractivity (Wildman–Crippen MR) is 103 cm³/mol. The van der Waals surface area contributed by atoms with Gasteiger partial charge in [-0.1, -0.05) is 24.3 Å². The van der Waals surface area contributed by atoms with Crippen LogP contribution in [0.2, 0.25) is 0 Å². The van der Waals surface area contributed by atoms with Crippen LogP contribution in [0.15, 0.2) is 35.3 Å². The van der Waals surface area contributed by atoms with Crippen molar-refractivity contribution in [3.8, 4) is 0 Å². The minimum absolute atomic E-state index is 0.228. The Morgan fingerprint density at radius 3 is 2.73 bits per heavy atom. The zero-order valence-corrected chi connectivity index (χ0v) is 16.4. The number of carbonyl (C=O) groups is 1. The average molecular weight is 418 g/mol. The van der Waals surface area contributed by atoms with Gasteiger partial charge >= 0.3 is 5.97 Å². The Morgan fingerprint density at radius 1 is 1.27 bits per heavy atom. The van der Waals surface area contributed by atoms with Crippen molar-refractivity contribution in [2.45, 2.75) is 39.3 Å². The standard InChI is InChI=1S/C18H20BrN5O2/c1-18(2,3)26-13(25)8-11-5-4-6-12(7-11)9-24-16-14(23-17(24)19)15(20)21-10-22-16/h4-7,10H,8-9H2,1-3H3,(H2,20,21,22). The number of imidazole rings is 1. The highest BCUT2D eigenvalue weighted by atomic mass is 79.9. The molecule has 3 aromatic rings. The first-order valence-electron chi connectivity index (χ1n) is 8.15. The van der Waals surface area contributed by atoms with Crippen LogP contribution in [-0.2, 0) is 22.5 Å². The number of ether oxygens (including phenoxy) is 1. The van der Waals surface area contributed by atoms with Crippen molar-refractivity contribution in [1.82, 2.24) is 19.5 Å². The third-order valence-electron chi connectivity index (χ3n) is 3.61. The Bertz CT molecular complexity index is 962. The fraction of sp³-hybridized carbons (Fsp3) is 0.333. The van der Waals surface area contributed by atoms with Crippen molar-refractivity contribution in [3.63, 3.8) is 0 Å². The van der Waals surface area contributed by atoms with Crippen LogP contribution in [0.4, 0.5) is 5.82 Å². The summed E-state index contributed by atoms with van der Waals surface area (Å²) in [6.45, 7) is 6.11. The molecule has 7 nitrogen and oxygen atoms in total. The number of fused-ring (bicyclic) bond motifs is 1. The molecule has 2 aromatic heterocycles. The van der Waals surface area contributed by atoms with E-state index >= 15 is 0 Å². The monoisotopic (exact) mass is 417 g/mol. The maximum Gasteiger partial charge on any atom is 0.310 e. The molecule has 0 radical (unpaired) electrons. The highest BCUT2D eigenvalue weighted by Gasteiger charge is 2.17. The summed E-state index contributed by atoms with van der Waals surface area (Å²) in [5, 5.41) is 0. The van der Waals surface area contributed by atoms with Gasteiger partial charge in [-0.15, -0.1) is 0 Å². The zero-order valence-electron chi connectivity index (χ0n) is 14.9. The Balaban J connectivity index is 1.83. The summed E-state index contributed by atoms with van der Waals surface area (Å²) >= 11 is 3.45. The molecule has 2 heterocycles. The lowest BCUT2D eigenvalue weighted by atomic mass is 10.1. The molecule has 0 unspecified atom stereocenters. The maximum atomic E-state index is 12.0. The van der Waals surface area contributed by atoms with Gasteiger partial charge in [0.1, 0.15) is 11.9 Å². The topological polar surface area (TPSA) is 95.9 Å². The summed E-state index contributed by atoms with van der Waals surface area (Å²) in [6.07, 6.45) is 1.65. The number of anilines is 1. The first kappa shape index (κ1) is 18.3. The second-order valence-electron chi connectivity index (χ2n) is 6.98. The number of nitrogens with zero attached hydrogens (tertiary/aromatic N) is 4. The molecule has 0 spiro atoms. The molecule has 0 aliphatic heterocycles. The van der Waals surface area contributed by atoms with Crippen LogP contribution in [0.1, 0.15) is 31.9 Å². The van der Waals surface area contributed by atoms with Gasteiger partial charge < -0.3 is 10.5 Å². The quantitative estimate of drug-likeness (QED) is 0.517. The largest absolute Gasteiger partial charge is 0.460 e. The molecule has 3 rings (SSSR count). The van der Waals surface area contributed by atoms with Crippen molar-refractivity contribution in [2.75, 3.05) is 5.73 Å². The Labute approximate surface area is 159 Å². The molecule has 0 aliphatic carbocycles. The van der Waals surface area contributed by atoms with Crippen molar-refractivity contribution >= 4 is 38.9 Å². The van der Waals surface area contributed by atoms with Gasteiger partial charge in [-0.05, 0) is 47.8 Å². The highest BCUT2D eigenvalue weighted by molar-refractivity contribution is 9.10. The van der Waals surface area contributed by atoms with Gasteiger partial charge in [-0.2, -0.15) is 0 Å². The maximum absolute atomic E-state index is 12.0. The van der Waals surface area contributed by atoms with E-state index in [0.717, 1.165) is 11.1 Å². The molecule has 0 fully saturated rings. The first-order valence-corrected chi connectivity index (χ1v) is 8.94. The van der Waals surface area contributed by atoms with Crippen LogP contribution in [0.5, 0.6) is 0 Å². The van der Waals surface area contributed by atoms with Gasteiger partial charge in [0.05, 0.1) is 13.0 Å². The average Bonchev–Trinajstić information content (AvgIpc) is 2.84. The number of halogens is 1. The molecule has 0 atom stereocenters. The Kier molecular flexibility index (Phi) is 4.95. The summed E-state index contributed by atoms with van der Waals surface area (Å²) in [7, 11) is 0. The number of hydrogen-bond donors (Lipinski definition) is 1. The summed E-state index contributed by atoms with van der Waals surface area (Å²) in [4.78, 5) is 24.7. The SMILES string of the molecule is CC(C)(C)OC(=O)Cc1cccc(Cn2c(Br)nc3c(N)ncnc32)c1. The molecule has 0 bridgehead atoms. The summed E-state index contributed by atoms with van der Waals surface area (Å²) < 4.78 is 7.91. The van der Waals surface area contributed by atoms with Crippen LogP contribution < -0.4 is 5.73 Å². The first-order chi connectivity index (χ1) is 12.2. The number of rotatable bonds is 4. The third-order valence-corrected chi connectivity index (χ3v) is 4.22. The van der Waals surface area contributed by atoms with Gasteiger partial charge in [0.15, 0.2) is 21.7 Å². The highest BCUT2D eigenvalue weighted by Crippen LogP contribution is 2.23. The molecule has 2 N–H and O–H groups in total. The second kappa shape index (κ2) is 7.03. The van der Waals surface area contributed by atoms with E-state index in [1.807, 2.05) is 49.6 Å². The van der Waals surface area contributed by atoms with Crippen LogP contribution >= 0.6 is 15.9 Å². The Morgan fingerprint density at radius 2 is 2.00 bits per heavy atom. The molecule has 0 saturated carbocycles. The van der Waals surface area contributed by atoms with Gasteiger partial charge in [0, 0.05) is 0 Å². The van der Waals surface area contributed by atoms with Crippen molar-refractivity contribution in [2.24, 2.45) is 0 Å². The number of hydrogen-bond acceptors (Lipinski definition) is 6. The van der Waals surface area contributed by atoms with E-state index in [-0.39, 0.29) is 12.4 Å². The van der Waals surface area contributed by atoms with Crippen LogP contribution in [0.25, 0.3) is 11.2 Å². The van der Waals surface area contributed by atoms with Gasteiger partial charge in [0.25, 0.3) is 0 Å². The molecule has 136 valence electrons. The molecular weight excluding hydrogens is 398 g/mol. The van der Waals surface area contributed by atoms with E-state index in [1.54, 1.807) is 0 Å². The molecule has 26 heavy (non-hydrogen) atoms. The number of aromatic nitrogens is 4. The fourth-order valence-electron chi connectivity index (χ4n) is 2.63. The van der Waals surface area contributed by atoms with Crippen LogP contribution in [0.3, 0.4) is 0 Å². The number of nitrogen functional groups attached to an aromatic ring is 1. The lowest BCUT2D eigenvalue weighted by Gasteiger charge is -2.19. The normalized spacial score (nSPS) is 11.7. The lowest BCUT2D eigenvalue weighted by Crippen LogP contribution is -2.24. The number of nitrogens with two attached hydrogens (primary N) is 1. The number of esters is 1. The van der Waals surface area contributed by atoms with E-state index < -0.39 is 5.60 Å². The smallest absolute Gasteiger partial charge is 0.310 e. The summed E-state index contributed by atoms with van der Waals surface area (Å²) in [5.41, 5.74) is 8.50. The number of carbonyl (C=O) groups excluding carboxylic acids is 1. The predicted octanol–water partition coefficient (Wildman–Crippen LogP) is 3.10. The van der Waals surface area contributed by atoms with Crippen molar-refractivity contribution in [3.05, 3.63) is 46.5 Å². The van der Waals surface area contributed by atoms with Crippen LogP contribution in [0, 0.1) is 0 Å². The van der Waals surface area contributed by atoms with Gasteiger partial charge in [-0.25, -0.2) is 15.0 Å². The molecule has 0 aliphatic rings. The zero-order chi connectivity index (χ0) is 18.9.